The number of amides is 1. The highest BCUT2D eigenvalue weighted by Gasteiger charge is 2.14. The highest BCUT2D eigenvalue weighted by Crippen LogP contribution is 2.22. The number of benzene rings is 1. The van der Waals surface area contributed by atoms with Gasteiger partial charge < -0.3 is 0 Å². The van der Waals surface area contributed by atoms with Crippen LogP contribution in [0.5, 0.6) is 0 Å². The van der Waals surface area contributed by atoms with E-state index in [-0.39, 0.29) is 30.5 Å². The lowest BCUT2D eigenvalue weighted by Crippen LogP contribution is -2.15. The van der Waals surface area contributed by atoms with Crippen LogP contribution in [0.15, 0.2) is 41.1 Å². The molecule has 3 rings (SSSR count). The van der Waals surface area contributed by atoms with Gasteiger partial charge in [-0.15, -0.1) is 16.4 Å². The van der Waals surface area contributed by atoms with Gasteiger partial charge in [0.05, 0.1) is 6.54 Å². The number of thiophene rings is 1. The van der Waals surface area contributed by atoms with E-state index in [0.717, 1.165) is 19.8 Å². The molecular weight excluding hydrogens is 428 g/mol. The predicted octanol–water partition coefficient (Wildman–Crippen LogP) is 4.37. The van der Waals surface area contributed by atoms with Gasteiger partial charge in [-0.05, 0) is 37.6 Å². The summed E-state index contributed by atoms with van der Waals surface area (Å²) in [7, 11) is 0. The zero-order valence-electron chi connectivity index (χ0n) is 15.0. The second kappa shape index (κ2) is 8.58. The molecule has 1 amide bonds. The van der Waals surface area contributed by atoms with Crippen LogP contribution in [-0.2, 0) is 11.3 Å². The molecule has 6 nitrogen and oxygen atoms in total. The predicted molar refractivity (Wildman–Crippen MR) is 109 cm³/mol. The van der Waals surface area contributed by atoms with Crippen LogP contribution in [0.25, 0.3) is 0 Å². The van der Waals surface area contributed by atoms with Gasteiger partial charge in [0.25, 0.3) is 0 Å². The van der Waals surface area contributed by atoms with Crippen LogP contribution in [0, 0.1) is 13.8 Å². The number of carbonyl (C=O) groups is 2. The van der Waals surface area contributed by atoms with Crippen LogP contribution < -0.4 is 5.32 Å². The van der Waals surface area contributed by atoms with Crippen LogP contribution in [0.3, 0.4) is 0 Å². The van der Waals surface area contributed by atoms with E-state index in [1.54, 1.807) is 22.3 Å². The Morgan fingerprint density at radius 1 is 1.22 bits per heavy atom. The third-order valence-electron chi connectivity index (χ3n) is 3.94. The highest BCUT2D eigenvalue weighted by atomic mass is 79.9. The Morgan fingerprint density at radius 3 is 2.74 bits per heavy atom. The smallest absolute Gasteiger partial charge is 0.248 e. The maximum Gasteiger partial charge on any atom is 0.248 e. The second-order valence-corrected chi connectivity index (χ2v) is 8.57. The zero-order valence-corrected chi connectivity index (χ0v) is 17.4. The second-order valence-electron chi connectivity index (χ2n) is 6.19. The van der Waals surface area contributed by atoms with Crippen LogP contribution in [0.4, 0.5) is 5.95 Å². The molecule has 2 aromatic heterocycles. The Hall–Kier alpha value is -2.32. The van der Waals surface area contributed by atoms with Gasteiger partial charge in [0.15, 0.2) is 5.78 Å². The molecule has 0 atom stereocenters. The van der Waals surface area contributed by atoms with E-state index < -0.39 is 0 Å². The normalized spacial score (nSPS) is 10.8. The summed E-state index contributed by atoms with van der Waals surface area (Å²) in [5, 5.41) is 6.90. The van der Waals surface area contributed by atoms with Crippen molar-refractivity contribution in [3.05, 3.63) is 62.0 Å². The molecular formula is C19H19BrN4O2S. The Labute approximate surface area is 169 Å². The summed E-state index contributed by atoms with van der Waals surface area (Å²) in [5.41, 5.74) is 1.78. The molecule has 0 unspecified atom stereocenters. The molecule has 8 heteroatoms. The first-order valence-corrected chi connectivity index (χ1v) is 10.1. The fourth-order valence-electron chi connectivity index (χ4n) is 2.71. The number of ketones is 1. The fraction of sp³-hybridized carbons (Fsp3) is 0.263. The summed E-state index contributed by atoms with van der Waals surface area (Å²) < 4.78 is 2.65. The zero-order chi connectivity index (χ0) is 19.4. The van der Waals surface area contributed by atoms with E-state index in [9.17, 15) is 9.59 Å². The van der Waals surface area contributed by atoms with E-state index in [0.29, 0.717) is 12.1 Å². The average molecular weight is 447 g/mol. The standard InChI is InChI=1S/C19H19BrN4O2S/c1-12-8-16(13(2)27-12)17(25)6-7-18(26)22-19-21-11-24(23-19)10-14-4-3-5-15(20)9-14/h3-5,8-9,11H,6-7,10H2,1-2H3,(H,22,23,26). The SMILES string of the molecule is Cc1cc(C(=O)CCC(=O)Nc2ncn(Cc3cccc(Br)c3)n2)c(C)s1. The number of Topliss-reactive ketones (excluding diaryl/α,β-unsaturated/α-hetero) is 1. The van der Waals surface area contributed by atoms with Crippen LogP contribution in [0.2, 0.25) is 0 Å². The van der Waals surface area contributed by atoms with Crippen molar-refractivity contribution in [2.24, 2.45) is 0 Å². The monoisotopic (exact) mass is 446 g/mol. The number of halogens is 1. The minimum Gasteiger partial charge on any atom is -0.294 e. The number of nitrogens with one attached hydrogen (secondary N) is 1. The Balaban J connectivity index is 1.52. The fourth-order valence-corrected chi connectivity index (χ4v) is 4.10. The van der Waals surface area contributed by atoms with E-state index in [2.05, 4.69) is 31.3 Å². The van der Waals surface area contributed by atoms with E-state index in [1.165, 1.54) is 0 Å². The summed E-state index contributed by atoms with van der Waals surface area (Å²) in [4.78, 5) is 30.5. The lowest BCUT2D eigenvalue weighted by atomic mass is 10.1. The molecule has 3 aromatic rings. The Bertz CT molecular complexity index is 980. The number of aryl methyl sites for hydroxylation is 2. The van der Waals surface area contributed by atoms with Gasteiger partial charge in [0, 0.05) is 32.6 Å². The van der Waals surface area contributed by atoms with Crippen molar-refractivity contribution in [3.63, 3.8) is 0 Å². The number of carbonyl (C=O) groups excluding carboxylic acids is 2. The summed E-state index contributed by atoms with van der Waals surface area (Å²) in [6.45, 7) is 4.45. The minimum atomic E-state index is -0.270. The van der Waals surface area contributed by atoms with Crippen LogP contribution in [-0.4, -0.2) is 26.5 Å². The topological polar surface area (TPSA) is 76.9 Å². The molecule has 0 saturated carbocycles. The molecule has 0 fully saturated rings. The van der Waals surface area contributed by atoms with E-state index >= 15 is 0 Å². The van der Waals surface area contributed by atoms with E-state index in [1.807, 2.05) is 44.2 Å². The van der Waals surface area contributed by atoms with Gasteiger partial charge in [-0.3, -0.25) is 14.9 Å². The maximum absolute atomic E-state index is 12.3. The molecule has 0 aliphatic carbocycles. The molecule has 0 aliphatic rings. The average Bonchev–Trinajstić information content (AvgIpc) is 3.18. The summed E-state index contributed by atoms with van der Waals surface area (Å²) in [6.07, 6.45) is 1.84. The van der Waals surface area contributed by atoms with Gasteiger partial charge in [0.2, 0.25) is 11.9 Å². The number of aromatic nitrogens is 3. The van der Waals surface area contributed by atoms with Gasteiger partial charge in [0.1, 0.15) is 6.33 Å². The molecule has 0 spiro atoms. The summed E-state index contributed by atoms with van der Waals surface area (Å²) in [6, 6.07) is 9.78. The molecule has 27 heavy (non-hydrogen) atoms. The van der Waals surface area contributed by atoms with Crippen molar-refractivity contribution in [2.45, 2.75) is 33.2 Å². The van der Waals surface area contributed by atoms with Crippen molar-refractivity contribution >= 4 is 44.9 Å². The first-order valence-electron chi connectivity index (χ1n) is 8.44. The van der Waals surface area contributed by atoms with Crippen molar-refractivity contribution < 1.29 is 9.59 Å². The largest absolute Gasteiger partial charge is 0.294 e. The molecule has 0 radical (unpaired) electrons. The molecule has 0 bridgehead atoms. The van der Waals surface area contributed by atoms with Crippen molar-refractivity contribution in [3.8, 4) is 0 Å². The number of hydrogen-bond acceptors (Lipinski definition) is 5. The molecule has 1 aromatic carbocycles. The maximum atomic E-state index is 12.3. The van der Waals surface area contributed by atoms with Crippen LogP contribution in [0.1, 0.15) is 38.5 Å². The van der Waals surface area contributed by atoms with E-state index in [4.69, 9.17) is 0 Å². The Kier molecular flexibility index (Phi) is 6.18. The summed E-state index contributed by atoms with van der Waals surface area (Å²) in [5.74, 6) is -0.0432. The molecule has 0 saturated heterocycles. The van der Waals surface area contributed by atoms with Gasteiger partial charge in [-0.25, -0.2) is 9.67 Å². The number of rotatable bonds is 7. The van der Waals surface area contributed by atoms with Crippen molar-refractivity contribution in [2.75, 3.05) is 5.32 Å². The Morgan fingerprint density at radius 2 is 2.04 bits per heavy atom. The number of nitrogens with zero attached hydrogens (tertiary/aromatic N) is 3. The van der Waals surface area contributed by atoms with Gasteiger partial charge in [-0.2, -0.15) is 0 Å². The molecule has 1 N–H and O–H groups in total. The first kappa shape index (κ1) is 19.4. The van der Waals surface area contributed by atoms with Crippen molar-refractivity contribution in [1.29, 1.82) is 0 Å². The molecule has 140 valence electrons. The highest BCUT2D eigenvalue weighted by molar-refractivity contribution is 9.10. The third kappa shape index (κ3) is 5.33. The van der Waals surface area contributed by atoms with Gasteiger partial charge in [-0.1, -0.05) is 28.1 Å². The molecule has 2 heterocycles. The van der Waals surface area contributed by atoms with Crippen LogP contribution >= 0.6 is 27.3 Å². The van der Waals surface area contributed by atoms with Gasteiger partial charge >= 0.3 is 0 Å². The number of anilines is 1. The minimum absolute atomic E-state index is 0.0138. The lowest BCUT2D eigenvalue weighted by molar-refractivity contribution is -0.116. The quantitative estimate of drug-likeness (QED) is 0.546. The number of hydrogen-bond donors (Lipinski definition) is 1. The molecule has 0 aliphatic heterocycles. The van der Waals surface area contributed by atoms with Crippen molar-refractivity contribution in [1.82, 2.24) is 14.8 Å². The first-order chi connectivity index (χ1) is 12.9. The summed E-state index contributed by atoms with van der Waals surface area (Å²) >= 11 is 5.03. The third-order valence-corrected chi connectivity index (χ3v) is 5.40. The lowest BCUT2D eigenvalue weighted by Gasteiger charge is -2.02.